The second-order valence-electron chi connectivity index (χ2n) is 6.06. The number of amides is 1. The summed E-state index contributed by atoms with van der Waals surface area (Å²) >= 11 is 0. The molecule has 2 aromatic carbocycles. The van der Waals surface area contributed by atoms with Crippen molar-refractivity contribution in [2.45, 2.75) is 32.2 Å². The fourth-order valence-corrected chi connectivity index (χ4v) is 3.16. The van der Waals surface area contributed by atoms with Gasteiger partial charge in [-0.3, -0.25) is 4.79 Å². The third kappa shape index (κ3) is 3.21. The molecular formula is C19H20FNO2. The molecule has 1 heterocycles. The number of likely N-dealkylation sites (tertiary alicyclic amines) is 1. The van der Waals surface area contributed by atoms with Crippen molar-refractivity contribution in [1.29, 1.82) is 0 Å². The smallest absolute Gasteiger partial charge is 0.254 e. The summed E-state index contributed by atoms with van der Waals surface area (Å²) in [4.78, 5) is 14.7. The summed E-state index contributed by atoms with van der Waals surface area (Å²) in [5.74, 6) is -0.117. The summed E-state index contributed by atoms with van der Waals surface area (Å²) in [6.45, 7) is 2.47. The molecule has 1 fully saturated rings. The molecule has 1 aliphatic heterocycles. The number of phenols is 1. The first-order chi connectivity index (χ1) is 11.1. The molecule has 1 amide bonds. The number of aryl methyl sites for hydroxylation is 1. The number of nitrogens with zero attached hydrogens (tertiary/aromatic N) is 1. The summed E-state index contributed by atoms with van der Waals surface area (Å²) in [5, 5.41) is 9.63. The topological polar surface area (TPSA) is 40.5 Å². The molecule has 23 heavy (non-hydrogen) atoms. The Morgan fingerprint density at radius 1 is 1.17 bits per heavy atom. The highest BCUT2D eigenvalue weighted by molar-refractivity contribution is 5.95. The Bertz CT molecular complexity index is 712. The number of carbonyl (C=O) groups is 1. The number of halogens is 1. The average molecular weight is 313 g/mol. The van der Waals surface area contributed by atoms with Gasteiger partial charge in [0.2, 0.25) is 0 Å². The van der Waals surface area contributed by atoms with E-state index in [1.165, 1.54) is 12.1 Å². The minimum Gasteiger partial charge on any atom is -0.508 e. The lowest BCUT2D eigenvalue weighted by Crippen LogP contribution is -2.38. The van der Waals surface area contributed by atoms with Gasteiger partial charge in [-0.1, -0.05) is 12.1 Å². The molecule has 0 spiro atoms. The Morgan fingerprint density at radius 2 is 1.91 bits per heavy atom. The fourth-order valence-electron chi connectivity index (χ4n) is 3.16. The molecule has 3 nitrogen and oxygen atoms in total. The van der Waals surface area contributed by atoms with Crippen molar-refractivity contribution in [2.75, 3.05) is 6.54 Å². The van der Waals surface area contributed by atoms with Gasteiger partial charge in [0.15, 0.2) is 0 Å². The number of phenolic OH excluding ortho intramolecular Hbond substituents is 1. The van der Waals surface area contributed by atoms with Crippen LogP contribution in [0.15, 0.2) is 42.5 Å². The fraction of sp³-hybridized carbons (Fsp3) is 0.316. The molecule has 0 radical (unpaired) electrons. The number of aromatic hydroxyl groups is 1. The van der Waals surface area contributed by atoms with Crippen LogP contribution in [0.25, 0.3) is 0 Å². The normalized spacial score (nSPS) is 18.0. The Morgan fingerprint density at radius 3 is 2.61 bits per heavy atom. The van der Waals surface area contributed by atoms with Crippen LogP contribution < -0.4 is 0 Å². The number of carbonyl (C=O) groups excluding carboxylic acids is 1. The lowest BCUT2D eigenvalue weighted by atomic mass is 9.94. The first-order valence-corrected chi connectivity index (χ1v) is 7.92. The molecule has 2 aromatic rings. The Labute approximate surface area is 135 Å². The van der Waals surface area contributed by atoms with Gasteiger partial charge in [0.05, 0.1) is 6.04 Å². The van der Waals surface area contributed by atoms with Crippen molar-refractivity contribution < 1.29 is 14.3 Å². The molecule has 1 saturated heterocycles. The monoisotopic (exact) mass is 313 g/mol. The van der Waals surface area contributed by atoms with E-state index in [4.69, 9.17) is 0 Å². The minimum atomic E-state index is -0.267. The highest BCUT2D eigenvalue weighted by atomic mass is 19.1. The highest BCUT2D eigenvalue weighted by Crippen LogP contribution is 2.32. The van der Waals surface area contributed by atoms with Crippen LogP contribution in [0.2, 0.25) is 0 Å². The Balaban J connectivity index is 1.89. The van der Waals surface area contributed by atoms with Gasteiger partial charge in [0.25, 0.3) is 5.91 Å². The second-order valence-corrected chi connectivity index (χ2v) is 6.06. The number of hydrogen-bond acceptors (Lipinski definition) is 2. The Kier molecular flexibility index (Phi) is 4.33. The number of benzene rings is 2. The van der Waals surface area contributed by atoms with E-state index in [1.807, 2.05) is 4.90 Å². The van der Waals surface area contributed by atoms with Gasteiger partial charge in [-0.2, -0.15) is 0 Å². The first kappa shape index (κ1) is 15.5. The maximum Gasteiger partial charge on any atom is 0.254 e. The number of piperidine rings is 1. The summed E-state index contributed by atoms with van der Waals surface area (Å²) in [5.41, 5.74) is 2.23. The molecule has 0 bridgehead atoms. The van der Waals surface area contributed by atoms with Crippen LogP contribution in [0.3, 0.4) is 0 Å². The maximum absolute atomic E-state index is 13.2. The van der Waals surface area contributed by atoms with Crippen LogP contribution >= 0.6 is 0 Å². The molecule has 4 heteroatoms. The molecule has 120 valence electrons. The summed E-state index contributed by atoms with van der Waals surface area (Å²) in [6, 6.07) is 11.3. The van der Waals surface area contributed by atoms with Crippen molar-refractivity contribution in [3.63, 3.8) is 0 Å². The van der Waals surface area contributed by atoms with E-state index < -0.39 is 0 Å². The van der Waals surface area contributed by atoms with E-state index in [1.54, 1.807) is 37.3 Å². The molecule has 0 aromatic heterocycles. The number of hydrogen-bond donors (Lipinski definition) is 1. The zero-order chi connectivity index (χ0) is 16.4. The quantitative estimate of drug-likeness (QED) is 0.902. The molecule has 0 saturated carbocycles. The zero-order valence-electron chi connectivity index (χ0n) is 13.1. The Hall–Kier alpha value is -2.36. The molecule has 1 atom stereocenters. The predicted molar refractivity (Wildman–Crippen MR) is 86.9 cm³/mol. The van der Waals surface area contributed by atoms with Crippen LogP contribution in [0.4, 0.5) is 4.39 Å². The van der Waals surface area contributed by atoms with E-state index in [0.29, 0.717) is 17.7 Å². The summed E-state index contributed by atoms with van der Waals surface area (Å²) in [6.07, 6.45) is 2.91. The van der Waals surface area contributed by atoms with Crippen LogP contribution in [-0.4, -0.2) is 22.5 Å². The standard InChI is InChI=1S/C19H20FNO2/c1-13-12-15(7-10-18(13)22)19(23)21-11-3-2-4-17(21)14-5-8-16(20)9-6-14/h5-10,12,17,22H,2-4,11H2,1H3. The molecule has 1 aliphatic rings. The zero-order valence-corrected chi connectivity index (χ0v) is 13.1. The third-order valence-electron chi connectivity index (χ3n) is 4.46. The van der Waals surface area contributed by atoms with Crippen molar-refractivity contribution in [3.8, 4) is 5.75 Å². The average Bonchev–Trinajstić information content (AvgIpc) is 2.57. The van der Waals surface area contributed by atoms with Crippen LogP contribution in [0, 0.1) is 12.7 Å². The molecule has 1 unspecified atom stereocenters. The molecular weight excluding hydrogens is 293 g/mol. The molecule has 1 N–H and O–H groups in total. The van der Waals surface area contributed by atoms with E-state index in [9.17, 15) is 14.3 Å². The third-order valence-corrected chi connectivity index (χ3v) is 4.46. The molecule has 0 aliphatic carbocycles. The number of rotatable bonds is 2. The van der Waals surface area contributed by atoms with Crippen LogP contribution in [0.5, 0.6) is 5.75 Å². The van der Waals surface area contributed by atoms with Gasteiger partial charge in [-0.05, 0) is 67.6 Å². The van der Waals surface area contributed by atoms with Gasteiger partial charge in [0.1, 0.15) is 11.6 Å². The van der Waals surface area contributed by atoms with E-state index in [2.05, 4.69) is 0 Å². The van der Waals surface area contributed by atoms with Gasteiger partial charge in [0, 0.05) is 12.1 Å². The lowest BCUT2D eigenvalue weighted by molar-refractivity contribution is 0.0611. The minimum absolute atomic E-state index is 0.0223. The van der Waals surface area contributed by atoms with Gasteiger partial charge in [-0.15, -0.1) is 0 Å². The summed E-state index contributed by atoms with van der Waals surface area (Å²) < 4.78 is 13.2. The van der Waals surface area contributed by atoms with Crippen molar-refractivity contribution in [3.05, 3.63) is 65.0 Å². The van der Waals surface area contributed by atoms with Gasteiger partial charge >= 0.3 is 0 Å². The lowest BCUT2D eigenvalue weighted by Gasteiger charge is -2.36. The van der Waals surface area contributed by atoms with E-state index in [0.717, 1.165) is 24.8 Å². The van der Waals surface area contributed by atoms with Crippen LogP contribution in [-0.2, 0) is 0 Å². The highest BCUT2D eigenvalue weighted by Gasteiger charge is 2.28. The van der Waals surface area contributed by atoms with E-state index in [-0.39, 0.29) is 23.5 Å². The largest absolute Gasteiger partial charge is 0.508 e. The van der Waals surface area contributed by atoms with Crippen molar-refractivity contribution >= 4 is 5.91 Å². The SMILES string of the molecule is Cc1cc(C(=O)N2CCCCC2c2ccc(F)cc2)ccc1O. The van der Waals surface area contributed by atoms with Crippen LogP contribution in [0.1, 0.15) is 46.8 Å². The predicted octanol–water partition coefficient (Wildman–Crippen LogP) is 4.21. The van der Waals surface area contributed by atoms with Crippen molar-refractivity contribution in [1.82, 2.24) is 4.90 Å². The van der Waals surface area contributed by atoms with Gasteiger partial charge in [-0.25, -0.2) is 4.39 Å². The van der Waals surface area contributed by atoms with Crippen molar-refractivity contribution in [2.24, 2.45) is 0 Å². The first-order valence-electron chi connectivity index (χ1n) is 7.92. The second kappa shape index (κ2) is 6.41. The molecule has 3 rings (SSSR count). The van der Waals surface area contributed by atoms with Gasteiger partial charge < -0.3 is 10.0 Å². The van der Waals surface area contributed by atoms with E-state index >= 15 is 0 Å². The maximum atomic E-state index is 13.2. The summed E-state index contributed by atoms with van der Waals surface area (Å²) in [7, 11) is 0.